The van der Waals surface area contributed by atoms with Crippen molar-refractivity contribution in [2.45, 2.75) is 12.5 Å². The summed E-state index contributed by atoms with van der Waals surface area (Å²) in [6.07, 6.45) is 3.55. The first-order valence-corrected chi connectivity index (χ1v) is 9.17. The number of aromatic nitrogens is 5. The van der Waals surface area contributed by atoms with E-state index >= 15 is 0 Å². The molecule has 1 aliphatic heterocycles. The average molecular weight is 374 g/mol. The third kappa shape index (κ3) is 2.87. The van der Waals surface area contributed by atoms with Crippen LogP contribution in [0.5, 0.6) is 0 Å². The van der Waals surface area contributed by atoms with Crippen LogP contribution in [0.3, 0.4) is 0 Å². The van der Waals surface area contributed by atoms with Gasteiger partial charge in [0.25, 0.3) is 5.91 Å². The van der Waals surface area contributed by atoms with Crippen molar-refractivity contribution in [2.75, 3.05) is 13.1 Å². The lowest BCUT2D eigenvalue weighted by Crippen LogP contribution is -2.29. The Hall–Kier alpha value is -3.39. The van der Waals surface area contributed by atoms with Gasteiger partial charge in [-0.1, -0.05) is 18.2 Å². The lowest BCUT2D eigenvalue weighted by atomic mass is 9.94. The SMILES string of the molecule is O=C(c1ccc2nnnn2c1)N1C[C@@H](Cc2ccnc3ccccc23)[C@H](O)C1. The summed E-state index contributed by atoms with van der Waals surface area (Å²) < 4.78 is 1.47. The zero-order valence-electron chi connectivity index (χ0n) is 15.0. The first-order chi connectivity index (χ1) is 13.7. The van der Waals surface area contributed by atoms with Crippen LogP contribution in [0.15, 0.2) is 54.9 Å². The molecule has 5 rings (SSSR count). The van der Waals surface area contributed by atoms with Crippen molar-refractivity contribution in [1.29, 1.82) is 0 Å². The van der Waals surface area contributed by atoms with Crippen molar-refractivity contribution in [3.05, 3.63) is 66.0 Å². The molecule has 1 saturated heterocycles. The number of nitrogens with zero attached hydrogens (tertiary/aromatic N) is 6. The van der Waals surface area contributed by atoms with E-state index in [2.05, 4.69) is 20.5 Å². The molecule has 4 aromatic rings. The molecule has 1 aromatic carbocycles. The van der Waals surface area contributed by atoms with Gasteiger partial charge in [-0.05, 0) is 46.7 Å². The summed E-state index contributed by atoms with van der Waals surface area (Å²) in [6, 6.07) is 13.4. The van der Waals surface area contributed by atoms with E-state index in [1.807, 2.05) is 30.3 Å². The number of benzene rings is 1. The van der Waals surface area contributed by atoms with E-state index in [-0.39, 0.29) is 11.8 Å². The summed E-state index contributed by atoms with van der Waals surface area (Å²) in [6.45, 7) is 0.824. The molecule has 1 N–H and O–H groups in total. The lowest BCUT2D eigenvalue weighted by molar-refractivity contribution is 0.0764. The van der Waals surface area contributed by atoms with Crippen LogP contribution in [0.4, 0.5) is 0 Å². The molecule has 140 valence electrons. The van der Waals surface area contributed by atoms with Crippen molar-refractivity contribution < 1.29 is 9.90 Å². The zero-order valence-corrected chi connectivity index (χ0v) is 15.0. The van der Waals surface area contributed by atoms with Crippen LogP contribution in [-0.2, 0) is 6.42 Å². The fourth-order valence-electron chi connectivity index (χ4n) is 3.89. The minimum absolute atomic E-state index is 0.0217. The van der Waals surface area contributed by atoms with Crippen molar-refractivity contribution >= 4 is 22.5 Å². The largest absolute Gasteiger partial charge is 0.391 e. The van der Waals surface area contributed by atoms with Crippen LogP contribution in [0.2, 0.25) is 0 Å². The molecule has 1 aliphatic rings. The Balaban J connectivity index is 1.36. The second kappa shape index (κ2) is 6.65. The number of para-hydroxylation sites is 1. The number of aliphatic hydroxyl groups excluding tert-OH is 1. The second-order valence-electron chi connectivity index (χ2n) is 7.13. The van der Waals surface area contributed by atoms with Gasteiger partial charge < -0.3 is 10.0 Å². The number of fused-ring (bicyclic) bond motifs is 2. The summed E-state index contributed by atoms with van der Waals surface area (Å²) >= 11 is 0. The smallest absolute Gasteiger partial charge is 0.255 e. The molecule has 0 bridgehead atoms. The van der Waals surface area contributed by atoms with Gasteiger partial charge in [-0.25, -0.2) is 0 Å². The Morgan fingerprint density at radius 1 is 1.14 bits per heavy atom. The number of tetrazole rings is 1. The van der Waals surface area contributed by atoms with Gasteiger partial charge >= 0.3 is 0 Å². The van der Waals surface area contributed by atoms with Gasteiger partial charge in [0.05, 0.1) is 17.2 Å². The Kier molecular flexibility index (Phi) is 3.98. The van der Waals surface area contributed by atoms with Gasteiger partial charge in [0, 0.05) is 36.8 Å². The van der Waals surface area contributed by atoms with Crippen molar-refractivity contribution in [2.24, 2.45) is 5.92 Å². The molecule has 3 aromatic heterocycles. The molecule has 0 radical (unpaired) electrons. The highest BCUT2D eigenvalue weighted by Crippen LogP contribution is 2.26. The summed E-state index contributed by atoms with van der Waals surface area (Å²) in [5, 5.41) is 22.9. The number of likely N-dealkylation sites (tertiary alicyclic amines) is 1. The number of hydrogen-bond acceptors (Lipinski definition) is 6. The molecule has 1 fully saturated rings. The third-order valence-electron chi connectivity index (χ3n) is 5.35. The summed E-state index contributed by atoms with van der Waals surface area (Å²) in [4.78, 5) is 19.0. The van der Waals surface area contributed by atoms with Gasteiger partial charge in [0.2, 0.25) is 0 Å². The zero-order chi connectivity index (χ0) is 19.1. The van der Waals surface area contributed by atoms with Gasteiger partial charge in [-0.15, -0.1) is 5.10 Å². The van der Waals surface area contributed by atoms with E-state index in [1.165, 1.54) is 4.52 Å². The molecule has 4 heterocycles. The standard InChI is InChI=1S/C20H18N6O2/c27-18-12-25(20(28)14-5-6-19-22-23-24-26(19)11-14)10-15(18)9-13-7-8-21-17-4-2-1-3-16(13)17/h1-8,11,15,18,27H,9-10,12H2/t15-,18-/m1/s1. The van der Waals surface area contributed by atoms with Gasteiger partial charge in [0.15, 0.2) is 5.65 Å². The monoisotopic (exact) mass is 374 g/mol. The van der Waals surface area contributed by atoms with E-state index in [9.17, 15) is 9.90 Å². The predicted molar refractivity (Wildman–Crippen MR) is 102 cm³/mol. The van der Waals surface area contributed by atoms with E-state index in [4.69, 9.17) is 0 Å². The predicted octanol–water partition coefficient (Wildman–Crippen LogP) is 1.35. The third-order valence-corrected chi connectivity index (χ3v) is 5.35. The van der Waals surface area contributed by atoms with Gasteiger partial charge in [-0.3, -0.25) is 9.78 Å². The van der Waals surface area contributed by atoms with Crippen LogP contribution >= 0.6 is 0 Å². The van der Waals surface area contributed by atoms with Gasteiger partial charge in [0.1, 0.15) is 0 Å². The van der Waals surface area contributed by atoms with E-state index < -0.39 is 6.10 Å². The molecule has 0 saturated carbocycles. The van der Waals surface area contributed by atoms with Crippen LogP contribution < -0.4 is 0 Å². The molecule has 8 heteroatoms. The second-order valence-corrected chi connectivity index (χ2v) is 7.13. The highest BCUT2D eigenvalue weighted by molar-refractivity contribution is 5.94. The van der Waals surface area contributed by atoms with E-state index in [0.717, 1.165) is 16.5 Å². The van der Waals surface area contributed by atoms with Crippen molar-refractivity contribution in [3.63, 3.8) is 0 Å². The minimum atomic E-state index is -0.562. The van der Waals surface area contributed by atoms with Crippen LogP contribution in [0.25, 0.3) is 16.6 Å². The number of β-amino-alcohol motifs (C(OH)–C–C–N with tert-alkyl or cyclic N) is 1. The molecule has 28 heavy (non-hydrogen) atoms. The molecule has 0 unspecified atom stereocenters. The number of carbonyl (C=O) groups is 1. The summed E-state index contributed by atoms with van der Waals surface area (Å²) in [5.74, 6) is -0.148. The first kappa shape index (κ1) is 16.8. The number of rotatable bonds is 3. The number of amides is 1. The Morgan fingerprint density at radius 2 is 2.04 bits per heavy atom. The fraction of sp³-hybridized carbons (Fsp3) is 0.250. The molecular weight excluding hydrogens is 356 g/mol. The number of carbonyl (C=O) groups excluding carboxylic acids is 1. The van der Waals surface area contributed by atoms with Crippen LogP contribution in [0.1, 0.15) is 15.9 Å². The topological polar surface area (TPSA) is 96.5 Å². The Bertz CT molecular complexity index is 1170. The number of hydrogen-bond donors (Lipinski definition) is 1. The maximum atomic E-state index is 12.9. The molecule has 2 atom stereocenters. The average Bonchev–Trinajstić information content (AvgIpc) is 3.34. The summed E-state index contributed by atoms with van der Waals surface area (Å²) in [7, 11) is 0. The molecule has 8 nitrogen and oxygen atoms in total. The van der Waals surface area contributed by atoms with Crippen molar-refractivity contribution in [3.8, 4) is 0 Å². The normalized spacial score (nSPS) is 19.5. The molecular formula is C20H18N6O2. The van der Waals surface area contributed by atoms with E-state index in [1.54, 1.807) is 29.4 Å². The van der Waals surface area contributed by atoms with E-state index in [0.29, 0.717) is 30.7 Å². The van der Waals surface area contributed by atoms with Crippen molar-refractivity contribution in [1.82, 2.24) is 29.9 Å². The Labute approximate surface area is 160 Å². The highest BCUT2D eigenvalue weighted by atomic mass is 16.3. The number of pyridine rings is 2. The fourth-order valence-corrected chi connectivity index (χ4v) is 3.89. The molecule has 1 amide bonds. The van der Waals surface area contributed by atoms with Gasteiger partial charge in [-0.2, -0.15) is 4.52 Å². The quantitative estimate of drug-likeness (QED) is 0.581. The maximum Gasteiger partial charge on any atom is 0.255 e. The first-order valence-electron chi connectivity index (χ1n) is 9.17. The lowest BCUT2D eigenvalue weighted by Gasteiger charge is -2.16. The summed E-state index contributed by atoms with van der Waals surface area (Å²) in [5.41, 5.74) is 3.16. The molecule has 0 spiro atoms. The number of aliphatic hydroxyl groups is 1. The maximum absolute atomic E-state index is 12.9. The minimum Gasteiger partial charge on any atom is -0.391 e. The highest BCUT2D eigenvalue weighted by Gasteiger charge is 2.34. The molecule has 0 aliphatic carbocycles. The Morgan fingerprint density at radius 3 is 2.96 bits per heavy atom. The van der Waals surface area contributed by atoms with Crippen LogP contribution in [0, 0.1) is 5.92 Å². The van der Waals surface area contributed by atoms with Crippen LogP contribution in [-0.4, -0.2) is 60.1 Å².